The minimum absolute atomic E-state index is 0.0707. The molecule has 0 aliphatic rings. The number of hydrogen-bond acceptors (Lipinski definition) is 5. The second-order valence-corrected chi connectivity index (χ2v) is 4.69. The summed E-state index contributed by atoms with van der Waals surface area (Å²) in [5, 5.41) is 19.1. The summed E-state index contributed by atoms with van der Waals surface area (Å²) < 4.78 is 10.4. The van der Waals surface area contributed by atoms with Gasteiger partial charge in [-0.25, -0.2) is 4.79 Å². The standard InChI is InChI=1S/C12H13IO5/c1-6(2)12(16)18-5-7-4-8(14)10(15)9(13)11(7)17-3/h4,14-15H,1,5H2,2-3H3. The molecule has 0 amide bonds. The zero-order chi connectivity index (χ0) is 13.9. The third-order valence-electron chi connectivity index (χ3n) is 2.16. The van der Waals surface area contributed by atoms with Crippen molar-refractivity contribution in [1.82, 2.24) is 0 Å². The summed E-state index contributed by atoms with van der Waals surface area (Å²) >= 11 is 1.83. The molecule has 0 fully saturated rings. The molecule has 1 rings (SSSR count). The fraction of sp³-hybridized carbons (Fsp3) is 0.250. The minimum Gasteiger partial charge on any atom is -0.504 e. The van der Waals surface area contributed by atoms with E-state index in [0.717, 1.165) is 0 Å². The lowest BCUT2D eigenvalue weighted by molar-refractivity contribution is -0.140. The van der Waals surface area contributed by atoms with Gasteiger partial charge in [0.05, 0.1) is 7.11 Å². The van der Waals surface area contributed by atoms with Crippen LogP contribution in [0.3, 0.4) is 0 Å². The molecule has 2 N–H and O–H groups in total. The predicted molar refractivity (Wildman–Crippen MR) is 73.7 cm³/mol. The first-order valence-electron chi connectivity index (χ1n) is 4.98. The summed E-state index contributed by atoms with van der Waals surface area (Å²) in [6, 6.07) is 1.29. The number of phenolic OH excluding ortho intramolecular Hbond substituents is 2. The molecule has 1 aromatic rings. The molecule has 18 heavy (non-hydrogen) atoms. The van der Waals surface area contributed by atoms with Crippen molar-refractivity contribution in [2.45, 2.75) is 13.5 Å². The Labute approximate surface area is 118 Å². The number of ether oxygens (including phenoxy) is 2. The normalized spacial score (nSPS) is 9.94. The average Bonchev–Trinajstić information content (AvgIpc) is 2.33. The van der Waals surface area contributed by atoms with Crippen molar-refractivity contribution >= 4 is 28.6 Å². The lowest BCUT2D eigenvalue weighted by Gasteiger charge is -2.13. The van der Waals surface area contributed by atoms with E-state index in [4.69, 9.17) is 9.47 Å². The van der Waals surface area contributed by atoms with Crippen LogP contribution in [0.1, 0.15) is 12.5 Å². The molecule has 0 aliphatic heterocycles. The van der Waals surface area contributed by atoms with Crippen LogP contribution >= 0.6 is 22.6 Å². The van der Waals surface area contributed by atoms with E-state index >= 15 is 0 Å². The number of aromatic hydroxyl groups is 2. The molecule has 0 radical (unpaired) electrons. The van der Waals surface area contributed by atoms with E-state index in [1.165, 1.54) is 20.1 Å². The van der Waals surface area contributed by atoms with E-state index in [9.17, 15) is 15.0 Å². The summed E-state index contributed by atoms with van der Waals surface area (Å²) in [6.45, 7) is 4.93. The Morgan fingerprint density at radius 2 is 2.11 bits per heavy atom. The molecule has 0 heterocycles. The summed E-state index contributed by atoms with van der Waals surface area (Å²) in [6.07, 6.45) is 0. The Hall–Kier alpha value is -1.44. The van der Waals surface area contributed by atoms with E-state index in [1.54, 1.807) is 0 Å². The van der Waals surface area contributed by atoms with Gasteiger partial charge in [0.15, 0.2) is 11.5 Å². The maximum Gasteiger partial charge on any atom is 0.333 e. The number of hydrogen-bond donors (Lipinski definition) is 2. The highest BCUT2D eigenvalue weighted by Crippen LogP contribution is 2.39. The average molecular weight is 364 g/mol. The number of methoxy groups -OCH3 is 1. The van der Waals surface area contributed by atoms with Crippen molar-refractivity contribution in [3.8, 4) is 17.2 Å². The van der Waals surface area contributed by atoms with Gasteiger partial charge in [0.1, 0.15) is 15.9 Å². The van der Waals surface area contributed by atoms with Crippen LogP contribution < -0.4 is 4.74 Å². The summed E-state index contributed by atoms with van der Waals surface area (Å²) in [5.74, 6) is -0.718. The summed E-state index contributed by atoms with van der Waals surface area (Å²) in [4.78, 5) is 11.3. The van der Waals surface area contributed by atoms with E-state index < -0.39 is 5.97 Å². The molecular weight excluding hydrogens is 351 g/mol. The SMILES string of the molecule is C=C(C)C(=O)OCc1cc(O)c(O)c(I)c1OC. The van der Waals surface area contributed by atoms with Crippen LogP contribution in [0.25, 0.3) is 0 Å². The van der Waals surface area contributed by atoms with Gasteiger partial charge in [0.2, 0.25) is 0 Å². The maximum absolute atomic E-state index is 11.3. The Balaban J connectivity index is 3.02. The smallest absolute Gasteiger partial charge is 0.333 e. The lowest BCUT2D eigenvalue weighted by Crippen LogP contribution is -2.06. The maximum atomic E-state index is 11.3. The highest BCUT2D eigenvalue weighted by atomic mass is 127. The lowest BCUT2D eigenvalue weighted by atomic mass is 10.2. The Bertz CT molecular complexity index is 496. The van der Waals surface area contributed by atoms with Crippen molar-refractivity contribution in [3.05, 3.63) is 27.4 Å². The third-order valence-corrected chi connectivity index (χ3v) is 3.16. The highest BCUT2D eigenvalue weighted by molar-refractivity contribution is 14.1. The van der Waals surface area contributed by atoms with Crippen LogP contribution in [0.2, 0.25) is 0 Å². The van der Waals surface area contributed by atoms with Gasteiger partial charge >= 0.3 is 5.97 Å². The fourth-order valence-electron chi connectivity index (χ4n) is 1.25. The summed E-state index contributed by atoms with van der Waals surface area (Å²) in [5.41, 5.74) is 0.749. The predicted octanol–water partition coefficient (Wildman–Crippen LogP) is 2.33. The van der Waals surface area contributed by atoms with Crippen LogP contribution in [0, 0.1) is 3.57 Å². The first kappa shape index (κ1) is 14.6. The molecule has 0 bridgehead atoms. The first-order valence-corrected chi connectivity index (χ1v) is 6.06. The molecule has 6 heteroatoms. The van der Waals surface area contributed by atoms with Gasteiger partial charge in [-0.2, -0.15) is 0 Å². The largest absolute Gasteiger partial charge is 0.504 e. The molecule has 0 atom stereocenters. The molecule has 0 aliphatic carbocycles. The molecule has 5 nitrogen and oxygen atoms in total. The molecule has 98 valence electrons. The Morgan fingerprint density at radius 3 is 2.61 bits per heavy atom. The van der Waals surface area contributed by atoms with Crippen LogP contribution in [-0.2, 0) is 16.1 Å². The second-order valence-electron chi connectivity index (χ2n) is 3.61. The minimum atomic E-state index is -0.528. The summed E-state index contributed by atoms with van der Waals surface area (Å²) in [7, 11) is 1.43. The number of phenols is 2. The van der Waals surface area contributed by atoms with Gasteiger partial charge in [-0.15, -0.1) is 0 Å². The second kappa shape index (κ2) is 5.94. The number of benzene rings is 1. The van der Waals surface area contributed by atoms with Crippen molar-refractivity contribution < 1.29 is 24.5 Å². The molecule has 1 aromatic carbocycles. The monoisotopic (exact) mass is 364 g/mol. The number of carbonyl (C=O) groups excluding carboxylic acids is 1. The van der Waals surface area contributed by atoms with Gasteiger partial charge in [-0.1, -0.05) is 6.58 Å². The van der Waals surface area contributed by atoms with Gasteiger partial charge in [0, 0.05) is 11.1 Å². The van der Waals surface area contributed by atoms with Gasteiger partial charge < -0.3 is 19.7 Å². The van der Waals surface area contributed by atoms with Gasteiger partial charge in [-0.05, 0) is 35.6 Å². The van der Waals surface area contributed by atoms with E-state index in [0.29, 0.717) is 14.9 Å². The first-order chi connectivity index (χ1) is 8.38. The van der Waals surface area contributed by atoms with Crippen LogP contribution in [0.5, 0.6) is 17.2 Å². The Kier molecular flexibility index (Phi) is 4.83. The molecule has 0 saturated carbocycles. The molecular formula is C12H13IO5. The number of rotatable bonds is 4. The number of carbonyl (C=O) groups is 1. The van der Waals surface area contributed by atoms with E-state index in [2.05, 4.69) is 6.58 Å². The molecule has 0 unspecified atom stereocenters. The van der Waals surface area contributed by atoms with Crippen molar-refractivity contribution in [2.75, 3.05) is 7.11 Å². The van der Waals surface area contributed by atoms with E-state index in [-0.39, 0.29) is 23.7 Å². The quantitative estimate of drug-likeness (QED) is 0.371. The number of halogens is 1. The number of esters is 1. The molecule has 0 aromatic heterocycles. The van der Waals surface area contributed by atoms with E-state index in [1.807, 2.05) is 22.6 Å². The zero-order valence-corrected chi connectivity index (χ0v) is 12.1. The van der Waals surface area contributed by atoms with Crippen molar-refractivity contribution in [2.24, 2.45) is 0 Å². The zero-order valence-electron chi connectivity index (χ0n) is 9.99. The molecule has 0 saturated heterocycles. The third kappa shape index (κ3) is 3.06. The fourth-order valence-corrected chi connectivity index (χ4v) is 2.10. The van der Waals surface area contributed by atoms with Crippen LogP contribution in [-0.4, -0.2) is 23.3 Å². The topological polar surface area (TPSA) is 76.0 Å². The van der Waals surface area contributed by atoms with Gasteiger partial charge in [-0.3, -0.25) is 0 Å². The molecule has 0 spiro atoms. The van der Waals surface area contributed by atoms with Gasteiger partial charge in [0.25, 0.3) is 0 Å². The Morgan fingerprint density at radius 1 is 1.50 bits per heavy atom. The van der Waals surface area contributed by atoms with Crippen LogP contribution in [0.4, 0.5) is 0 Å². The van der Waals surface area contributed by atoms with Crippen molar-refractivity contribution in [1.29, 1.82) is 0 Å². The highest BCUT2D eigenvalue weighted by Gasteiger charge is 2.17. The van der Waals surface area contributed by atoms with Crippen LogP contribution in [0.15, 0.2) is 18.2 Å². The van der Waals surface area contributed by atoms with Crippen molar-refractivity contribution in [3.63, 3.8) is 0 Å².